The highest BCUT2D eigenvalue weighted by Gasteiger charge is 2.00. The Hall–Kier alpha value is -1.03. The first-order valence-corrected chi connectivity index (χ1v) is 5.29. The van der Waals surface area contributed by atoms with E-state index in [4.69, 9.17) is 10.1 Å². The topological polar surface area (TPSA) is 33.1 Å². The second-order valence-electron chi connectivity index (χ2n) is 2.60. The van der Waals surface area contributed by atoms with Crippen molar-refractivity contribution in [1.82, 2.24) is 0 Å². The van der Waals surface area contributed by atoms with Crippen molar-refractivity contribution < 1.29 is 9.13 Å². The van der Waals surface area contributed by atoms with E-state index in [0.29, 0.717) is 12.4 Å². The number of thioether (sulfide) groups is 1. The van der Waals surface area contributed by atoms with Crippen molar-refractivity contribution in [3.63, 3.8) is 0 Å². The van der Waals surface area contributed by atoms with Gasteiger partial charge in [0.05, 0.1) is 12.4 Å². The lowest BCUT2D eigenvalue weighted by molar-refractivity contribution is 0.322. The first-order valence-electron chi connectivity index (χ1n) is 4.31. The van der Waals surface area contributed by atoms with E-state index < -0.39 is 0 Å². The van der Waals surface area contributed by atoms with Crippen molar-refractivity contribution in [3.8, 4) is 0 Å². The van der Waals surface area contributed by atoms with Gasteiger partial charge >= 0.3 is 0 Å². The lowest BCUT2D eigenvalue weighted by Gasteiger charge is -2.04. The van der Waals surface area contributed by atoms with Crippen molar-refractivity contribution in [2.24, 2.45) is 0 Å². The Bertz CT molecular complexity index is 317. The molecule has 0 radical (unpaired) electrons. The fraction of sp³-hybridized carbons (Fsp3) is 0.300. The van der Waals surface area contributed by atoms with E-state index in [1.165, 1.54) is 23.9 Å². The predicted molar refractivity (Wildman–Crippen MR) is 56.5 cm³/mol. The average Bonchev–Trinajstić information content (AvgIpc) is 2.15. The third-order valence-corrected chi connectivity index (χ3v) is 2.48. The van der Waals surface area contributed by atoms with E-state index in [1.807, 2.05) is 13.0 Å². The van der Waals surface area contributed by atoms with Crippen molar-refractivity contribution in [2.45, 2.75) is 11.8 Å². The van der Waals surface area contributed by atoms with Crippen molar-refractivity contribution in [1.29, 1.82) is 5.41 Å². The third kappa shape index (κ3) is 3.79. The maximum absolute atomic E-state index is 12.7. The fourth-order valence-electron chi connectivity index (χ4n) is 0.922. The van der Waals surface area contributed by atoms with Crippen LogP contribution in [0.5, 0.6) is 0 Å². The summed E-state index contributed by atoms with van der Waals surface area (Å²) < 4.78 is 17.7. The molecule has 0 bridgehead atoms. The van der Waals surface area contributed by atoms with Gasteiger partial charge in [0.25, 0.3) is 0 Å². The molecule has 1 rings (SSSR count). The normalized spacial score (nSPS) is 9.86. The van der Waals surface area contributed by atoms with Crippen molar-refractivity contribution in [2.75, 3.05) is 12.4 Å². The van der Waals surface area contributed by atoms with Crippen LogP contribution in [0.2, 0.25) is 0 Å². The summed E-state index contributed by atoms with van der Waals surface area (Å²) in [6.07, 6.45) is 0. The Morgan fingerprint density at radius 1 is 1.57 bits per heavy atom. The van der Waals surface area contributed by atoms with Crippen LogP contribution in [0.3, 0.4) is 0 Å². The molecule has 0 fully saturated rings. The number of halogens is 1. The van der Waals surface area contributed by atoms with Gasteiger partial charge in [0, 0.05) is 4.90 Å². The van der Waals surface area contributed by atoms with Crippen LogP contribution in [-0.2, 0) is 4.74 Å². The van der Waals surface area contributed by atoms with Crippen LogP contribution in [0.25, 0.3) is 0 Å². The van der Waals surface area contributed by atoms with Gasteiger partial charge < -0.3 is 4.74 Å². The van der Waals surface area contributed by atoms with Crippen LogP contribution < -0.4 is 0 Å². The summed E-state index contributed by atoms with van der Waals surface area (Å²) in [4.78, 5) is 0.814. The molecule has 76 valence electrons. The Balaban J connectivity index is 2.41. The molecule has 0 heterocycles. The standard InChI is InChI=1S/C10H12FNOS/c1-2-13-10(12)7-14-9-5-3-4-8(11)6-9/h3-6,12H,2,7H2,1H3. The molecule has 1 aromatic rings. The summed E-state index contributed by atoms with van der Waals surface area (Å²) in [5.41, 5.74) is 0. The Labute approximate surface area is 87.0 Å². The Kier molecular flexibility index (Phi) is 4.46. The van der Waals surface area contributed by atoms with E-state index in [1.54, 1.807) is 6.07 Å². The molecule has 0 saturated carbocycles. The minimum atomic E-state index is -0.252. The highest BCUT2D eigenvalue weighted by atomic mass is 32.2. The summed E-state index contributed by atoms with van der Waals surface area (Å²) >= 11 is 1.39. The van der Waals surface area contributed by atoms with E-state index in [9.17, 15) is 4.39 Å². The zero-order valence-corrected chi connectivity index (χ0v) is 8.73. The molecule has 0 amide bonds. The summed E-state index contributed by atoms with van der Waals surface area (Å²) in [6, 6.07) is 6.32. The van der Waals surface area contributed by atoms with Gasteiger partial charge in [-0.25, -0.2) is 4.39 Å². The second-order valence-corrected chi connectivity index (χ2v) is 3.65. The molecular formula is C10H12FNOS. The molecule has 0 aliphatic heterocycles. The molecule has 14 heavy (non-hydrogen) atoms. The van der Waals surface area contributed by atoms with Gasteiger partial charge in [0.2, 0.25) is 0 Å². The molecule has 2 nitrogen and oxygen atoms in total. The predicted octanol–water partition coefficient (Wildman–Crippen LogP) is 2.93. The molecule has 4 heteroatoms. The monoisotopic (exact) mass is 213 g/mol. The second kappa shape index (κ2) is 5.65. The van der Waals surface area contributed by atoms with Gasteiger partial charge in [-0.2, -0.15) is 0 Å². The van der Waals surface area contributed by atoms with Crippen LogP contribution in [-0.4, -0.2) is 18.3 Å². The van der Waals surface area contributed by atoms with Crippen molar-refractivity contribution in [3.05, 3.63) is 30.1 Å². The van der Waals surface area contributed by atoms with Crippen LogP contribution >= 0.6 is 11.8 Å². The van der Waals surface area contributed by atoms with Crippen molar-refractivity contribution >= 4 is 17.7 Å². The molecule has 0 atom stereocenters. The molecule has 1 aromatic carbocycles. The largest absolute Gasteiger partial charge is 0.481 e. The minimum absolute atomic E-state index is 0.224. The zero-order valence-electron chi connectivity index (χ0n) is 7.92. The molecule has 0 spiro atoms. The van der Waals surface area contributed by atoms with Crippen LogP contribution in [0, 0.1) is 11.2 Å². The van der Waals surface area contributed by atoms with E-state index in [2.05, 4.69) is 0 Å². The lowest BCUT2D eigenvalue weighted by atomic mass is 10.4. The number of ether oxygens (including phenoxy) is 1. The van der Waals surface area contributed by atoms with Crippen LogP contribution in [0.4, 0.5) is 4.39 Å². The SMILES string of the molecule is CCOC(=N)CSc1cccc(F)c1. The van der Waals surface area contributed by atoms with Gasteiger partial charge in [0.15, 0.2) is 5.90 Å². The Morgan fingerprint density at radius 3 is 3.00 bits per heavy atom. The molecule has 0 unspecified atom stereocenters. The van der Waals surface area contributed by atoms with Gasteiger partial charge in [0.1, 0.15) is 5.82 Å². The maximum Gasteiger partial charge on any atom is 0.190 e. The lowest BCUT2D eigenvalue weighted by Crippen LogP contribution is -2.05. The maximum atomic E-state index is 12.7. The first-order chi connectivity index (χ1) is 6.72. The first kappa shape index (κ1) is 11.0. The quantitative estimate of drug-likeness (QED) is 0.474. The molecule has 0 aliphatic carbocycles. The zero-order chi connectivity index (χ0) is 10.4. The number of rotatable bonds is 4. The molecule has 0 aliphatic rings. The molecule has 1 N–H and O–H groups in total. The fourth-order valence-corrected chi connectivity index (χ4v) is 1.67. The molecule has 0 saturated heterocycles. The number of hydrogen-bond donors (Lipinski definition) is 1. The summed E-state index contributed by atoms with van der Waals surface area (Å²) in [7, 11) is 0. The number of nitrogens with one attached hydrogen (secondary N) is 1. The Morgan fingerprint density at radius 2 is 2.36 bits per heavy atom. The van der Waals surface area contributed by atoms with Gasteiger partial charge in [-0.3, -0.25) is 5.41 Å². The summed E-state index contributed by atoms with van der Waals surface area (Å²) in [5.74, 6) is 0.414. The van der Waals surface area contributed by atoms with Crippen LogP contribution in [0.1, 0.15) is 6.92 Å². The molecular weight excluding hydrogens is 201 g/mol. The van der Waals surface area contributed by atoms with E-state index in [-0.39, 0.29) is 11.7 Å². The molecule has 0 aromatic heterocycles. The average molecular weight is 213 g/mol. The smallest absolute Gasteiger partial charge is 0.190 e. The highest BCUT2D eigenvalue weighted by Crippen LogP contribution is 2.18. The van der Waals surface area contributed by atoms with Gasteiger partial charge in [-0.1, -0.05) is 6.07 Å². The minimum Gasteiger partial charge on any atom is -0.481 e. The summed E-state index contributed by atoms with van der Waals surface area (Å²) in [5, 5.41) is 7.35. The highest BCUT2D eigenvalue weighted by molar-refractivity contribution is 8.00. The number of benzene rings is 1. The van der Waals surface area contributed by atoms with Gasteiger partial charge in [-0.05, 0) is 25.1 Å². The number of hydrogen-bond acceptors (Lipinski definition) is 3. The van der Waals surface area contributed by atoms with E-state index in [0.717, 1.165) is 4.90 Å². The third-order valence-electron chi connectivity index (χ3n) is 1.48. The summed E-state index contributed by atoms with van der Waals surface area (Å²) in [6.45, 7) is 2.34. The van der Waals surface area contributed by atoms with Gasteiger partial charge in [-0.15, -0.1) is 11.8 Å². The van der Waals surface area contributed by atoms with Crippen LogP contribution in [0.15, 0.2) is 29.2 Å². The van der Waals surface area contributed by atoms with E-state index >= 15 is 0 Å².